The van der Waals surface area contributed by atoms with E-state index in [9.17, 15) is 38.4 Å². The summed E-state index contributed by atoms with van der Waals surface area (Å²) in [6.45, 7) is 60.6. The second kappa shape index (κ2) is 42.6. The van der Waals surface area contributed by atoms with Crippen molar-refractivity contribution in [2.45, 2.75) is 418 Å². The van der Waals surface area contributed by atoms with Crippen molar-refractivity contribution in [3.63, 3.8) is 0 Å². The van der Waals surface area contributed by atoms with E-state index in [1.54, 1.807) is 14.7 Å². The average Bonchev–Trinajstić information content (AvgIpc) is 0.830. The van der Waals surface area contributed by atoms with Crippen molar-refractivity contribution in [3.05, 3.63) is 0 Å². The third kappa shape index (κ3) is 29.2. The first-order valence-corrected chi connectivity index (χ1v) is 41.1. The first-order chi connectivity index (χ1) is 48.3. The van der Waals surface area contributed by atoms with Crippen LogP contribution in [0.4, 0.5) is 19.2 Å². The number of nitrogens with zero attached hydrogens (tertiary/aromatic N) is 4. The van der Waals surface area contributed by atoms with Gasteiger partial charge in [-0.2, -0.15) is 0 Å². The number of ether oxygens (including phenoxy) is 8. The van der Waals surface area contributed by atoms with Gasteiger partial charge in [0.2, 0.25) is 0 Å². The Kier molecular flexibility index (Phi) is 39.8. The summed E-state index contributed by atoms with van der Waals surface area (Å²) in [6.07, 6.45) is 21.3. The van der Waals surface area contributed by atoms with Gasteiger partial charge in [0.05, 0.1) is 21.7 Å². The number of hydrogen-bond donors (Lipinski definition) is 0. The van der Waals surface area contributed by atoms with E-state index in [1.807, 2.05) is 136 Å². The van der Waals surface area contributed by atoms with Gasteiger partial charge in [0, 0.05) is 104 Å². The highest BCUT2D eigenvalue weighted by Crippen LogP contribution is 2.40. The van der Waals surface area contributed by atoms with Crippen molar-refractivity contribution in [1.82, 2.24) is 19.6 Å². The number of esters is 4. The summed E-state index contributed by atoms with van der Waals surface area (Å²) < 4.78 is 47.0. The lowest BCUT2D eigenvalue weighted by molar-refractivity contribution is -0.177. The maximum Gasteiger partial charge on any atom is 0.410 e. The minimum absolute atomic E-state index is 0.134. The standard InChI is InChI=1S/C24H45NO4.C21H39NO4.C20H37NO4.C19H35NO4/c1-8-13-24(14-9-2,15-10-3)29-21(27)25-18-16-23(12-5,17-19-25)28-20(26)22(6,7)11-4;1-8-19(6,7)17(23)25-21(12-5)13-15-22(16-14-21)18(24)26-20(9-2,10-3)11-4;1-8-11-19(6,7)25-17(23)21-14-12-20(10-3,13-15-21)24-16(22)18(4,5)9-2;1-8-17(4,5)15(21)23-19(10-3)11-13-20(14-12-19)16(22)24-18(6,7)9-2/h8-19H2,1-7H3;8-16H2,1-7H3;8-15H2,1-7H3;8-14H2,1-7H3. The van der Waals surface area contributed by atoms with E-state index < -0.39 is 55.3 Å². The molecule has 4 aliphatic heterocycles. The minimum Gasteiger partial charge on any atom is -0.459 e. The van der Waals surface area contributed by atoms with Crippen LogP contribution in [0.1, 0.15) is 374 Å². The fourth-order valence-electron chi connectivity index (χ4n) is 13.1. The van der Waals surface area contributed by atoms with Crippen LogP contribution in [0.5, 0.6) is 0 Å². The third-order valence-electron chi connectivity index (χ3n) is 24.4. The molecule has 20 nitrogen and oxygen atoms in total. The van der Waals surface area contributed by atoms with E-state index in [0.717, 1.165) is 128 Å². The molecule has 0 aliphatic carbocycles. The molecule has 0 bridgehead atoms. The molecule has 608 valence electrons. The molecule has 0 aromatic heterocycles. The summed E-state index contributed by atoms with van der Waals surface area (Å²) in [6, 6.07) is 0. The number of piperidine rings is 4. The van der Waals surface area contributed by atoms with E-state index in [4.69, 9.17) is 37.9 Å². The normalized spacial score (nSPS) is 17.7. The Morgan fingerprint density at radius 3 is 0.644 bits per heavy atom. The molecule has 4 saturated heterocycles. The van der Waals surface area contributed by atoms with Crippen molar-refractivity contribution >= 4 is 48.3 Å². The Labute approximate surface area is 633 Å². The maximum atomic E-state index is 13.0. The van der Waals surface area contributed by atoms with E-state index in [-0.39, 0.29) is 59.5 Å². The van der Waals surface area contributed by atoms with Crippen LogP contribution in [-0.2, 0) is 57.1 Å². The summed E-state index contributed by atoms with van der Waals surface area (Å²) in [5, 5.41) is 0. The van der Waals surface area contributed by atoms with E-state index in [2.05, 4.69) is 62.3 Å². The van der Waals surface area contributed by atoms with Crippen LogP contribution in [0, 0.1) is 21.7 Å². The van der Waals surface area contributed by atoms with E-state index >= 15 is 0 Å². The molecule has 4 rings (SSSR count). The predicted octanol–water partition coefficient (Wildman–Crippen LogP) is 21.3. The quantitative estimate of drug-likeness (QED) is 0.0451. The molecule has 4 amide bonds. The lowest BCUT2D eigenvalue weighted by Crippen LogP contribution is -2.51. The van der Waals surface area contributed by atoms with Gasteiger partial charge in [-0.3, -0.25) is 19.2 Å². The summed E-state index contributed by atoms with van der Waals surface area (Å²) in [5.74, 6) is -0.558. The maximum absolute atomic E-state index is 13.0. The van der Waals surface area contributed by atoms with Gasteiger partial charge in [-0.1, -0.05) is 136 Å². The monoisotopic (exact) mass is 1480 g/mol. The molecule has 20 heteroatoms. The molecular formula is C84H156N4O16. The van der Waals surface area contributed by atoms with Gasteiger partial charge in [0.15, 0.2) is 0 Å². The van der Waals surface area contributed by atoms with Gasteiger partial charge in [-0.15, -0.1) is 0 Å². The Bertz CT molecular complexity index is 2580. The number of carbonyl (C=O) groups excluding carboxylic acids is 8. The summed E-state index contributed by atoms with van der Waals surface area (Å²) >= 11 is 0. The lowest BCUT2D eigenvalue weighted by Gasteiger charge is -2.43. The highest BCUT2D eigenvalue weighted by atomic mass is 16.6. The molecule has 0 aromatic rings. The molecule has 0 N–H and O–H groups in total. The summed E-state index contributed by atoms with van der Waals surface area (Å²) in [7, 11) is 0. The molecule has 0 aromatic carbocycles. The highest BCUT2D eigenvalue weighted by Gasteiger charge is 2.47. The molecule has 4 fully saturated rings. The number of carbonyl (C=O) groups is 8. The van der Waals surface area contributed by atoms with Gasteiger partial charge >= 0.3 is 48.3 Å². The van der Waals surface area contributed by atoms with Crippen molar-refractivity contribution in [3.8, 4) is 0 Å². The zero-order valence-corrected chi connectivity index (χ0v) is 71.8. The largest absolute Gasteiger partial charge is 0.459 e. The minimum atomic E-state index is -0.474. The number of amides is 4. The van der Waals surface area contributed by atoms with Crippen LogP contribution < -0.4 is 0 Å². The molecular weight excluding hydrogens is 1320 g/mol. The number of likely N-dealkylation sites (tertiary alicyclic amines) is 4. The Morgan fingerprint density at radius 1 is 0.260 bits per heavy atom. The van der Waals surface area contributed by atoms with Crippen molar-refractivity contribution < 1.29 is 76.3 Å². The molecule has 4 aliphatic rings. The van der Waals surface area contributed by atoms with Gasteiger partial charge in [-0.05, 0) is 186 Å². The highest BCUT2D eigenvalue weighted by molar-refractivity contribution is 5.78. The van der Waals surface area contributed by atoms with Crippen LogP contribution in [0.2, 0.25) is 0 Å². The predicted molar refractivity (Wildman–Crippen MR) is 416 cm³/mol. The van der Waals surface area contributed by atoms with Crippen molar-refractivity contribution in [1.29, 1.82) is 0 Å². The van der Waals surface area contributed by atoms with Crippen molar-refractivity contribution in [2.24, 2.45) is 21.7 Å². The zero-order chi connectivity index (χ0) is 80.0. The number of hydrogen-bond acceptors (Lipinski definition) is 16. The smallest absolute Gasteiger partial charge is 0.410 e. The summed E-state index contributed by atoms with van der Waals surface area (Å²) in [5.41, 5.74) is -5.33. The van der Waals surface area contributed by atoms with Gasteiger partial charge in [0.25, 0.3) is 0 Å². The molecule has 0 saturated carbocycles. The van der Waals surface area contributed by atoms with E-state index in [0.29, 0.717) is 104 Å². The molecule has 0 radical (unpaired) electrons. The molecule has 0 unspecified atom stereocenters. The Morgan fingerprint density at radius 2 is 0.462 bits per heavy atom. The van der Waals surface area contributed by atoms with Gasteiger partial charge in [0.1, 0.15) is 44.8 Å². The molecule has 4 heterocycles. The fraction of sp³-hybridized carbons (Fsp3) is 0.905. The lowest BCUT2D eigenvalue weighted by atomic mass is 9.86. The van der Waals surface area contributed by atoms with Gasteiger partial charge in [-0.25, -0.2) is 19.2 Å². The third-order valence-corrected chi connectivity index (χ3v) is 24.4. The Hall–Kier alpha value is -5.04. The van der Waals surface area contributed by atoms with Crippen LogP contribution >= 0.6 is 0 Å². The second-order valence-electron chi connectivity index (χ2n) is 34.4. The molecule has 0 atom stereocenters. The average molecular weight is 1480 g/mol. The van der Waals surface area contributed by atoms with Crippen molar-refractivity contribution in [2.75, 3.05) is 52.4 Å². The summed E-state index contributed by atoms with van der Waals surface area (Å²) in [4.78, 5) is 107. The van der Waals surface area contributed by atoms with Crippen LogP contribution in [0.25, 0.3) is 0 Å². The van der Waals surface area contributed by atoms with Crippen LogP contribution in [0.3, 0.4) is 0 Å². The van der Waals surface area contributed by atoms with Crippen LogP contribution in [-0.4, -0.2) is 165 Å². The first-order valence-electron chi connectivity index (χ1n) is 41.1. The fourth-order valence-corrected chi connectivity index (χ4v) is 13.1. The SMILES string of the molecule is CCC(C)(C)OC(=O)N1CCC(CC)(OC(=O)C(C)(C)CC)CC1.CCC(CC)(CC)OC(=O)N1CCC(CC)(OC(=O)C(C)(C)CC)CC1.CCCC(C)(C)OC(=O)N1CCC(CC)(OC(=O)C(C)(C)CC)CC1.CCCC(CCC)(CCC)OC(=O)N1CCC(CC)(OC(=O)C(C)(C)CC)CC1. The van der Waals surface area contributed by atoms with E-state index in [1.165, 1.54) is 0 Å². The Balaban J connectivity index is 0.000000695. The molecule has 104 heavy (non-hydrogen) atoms. The van der Waals surface area contributed by atoms with Crippen LogP contribution in [0.15, 0.2) is 0 Å². The zero-order valence-electron chi connectivity index (χ0n) is 71.8. The second-order valence-corrected chi connectivity index (χ2v) is 34.4. The topological polar surface area (TPSA) is 223 Å². The van der Waals surface area contributed by atoms with Gasteiger partial charge < -0.3 is 57.5 Å². The first kappa shape index (κ1) is 97.0. The molecule has 0 spiro atoms. The number of rotatable bonds is 32.